The van der Waals surface area contributed by atoms with Crippen LogP contribution in [0.2, 0.25) is 0 Å². The molecule has 19 heavy (non-hydrogen) atoms. The minimum Gasteiger partial charge on any atom is -0.336 e. The fourth-order valence-electron chi connectivity index (χ4n) is 3.81. The molecule has 2 rings (SSSR count). The standard InChI is InChI=1S/C16H30N2O/c1-16(13-17)11-6-12-18(16)15(19)10-5-9-14-7-3-2-4-8-14/h14H,2-13,17H2,1H3. The summed E-state index contributed by atoms with van der Waals surface area (Å²) in [4.78, 5) is 14.4. The Morgan fingerprint density at radius 1 is 1.26 bits per heavy atom. The van der Waals surface area contributed by atoms with E-state index in [2.05, 4.69) is 6.92 Å². The molecule has 1 unspecified atom stereocenters. The number of hydrogen-bond acceptors (Lipinski definition) is 2. The molecule has 110 valence electrons. The average molecular weight is 266 g/mol. The van der Waals surface area contributed by atoms with Crippen LogP contribution in [0.5, 0.6) is 0 Å². The van der Waals surface area contributed by atoms with Crippen LogP contribution in [-0.4, -0.2) is 29.4 Å². The molecule has 2 N–H and O–H groups in total. The SMILES string of the molecule is CC1(CN)CCCN1C(=O)CCCC1CCCCC1. The molecule has 3 heteroatoms. The summed E-state index contributed by atoms with van der Waals surface area (Å²) in [6, 6.07) is 0. The molecule has 1 saturated heterocycles. The highest BCUT2D eigenvalue weighted by atomic mass is 16.2. The number of rotatable bonds is 5. The largest absolute Gasteiger partial charge is 0.336 e. The van der Waals surface area contributed by atoms with Crippen LogP contribution in [0.1, 0.15) is 71.1 Å². The number of carbonyl (C=O) groups excluding carboxylic acids is 1. The van der Waals surface area contributed by atoms with E-state index in [4.69, 9.17) is 5.73 Å². The predicted octanol–water partition coefficient (Wildman–Crippen LogP) is 3.08. The van der Waals surface area contributed by atoms with Crippen molar-refractivity contribution in [2.24, 2.45) is 11.7 Å². The molecule has 0 aromatic carbocycles. The summed E-state index contributed by atoms with van der Waals surface area (Å²) in [7, 11) is 0. The summed E-state index contributed by atoms with van der Waals surface area (Å²) < 4.78 is 0. The zero-order valence-electron chi connectivity index (χ0n) is 12.5. The van der Waals surface area contributed by atoms with Crippen molar-refractivity contribution < 1.29 is 4.79 Å². The Bertz CT molecular complexity index is 299. The van der Waals surface area contributed by atoms with Gasteiger partial charge in [-0.2, -0.15) is 0 Å². The molecule has 1 amide bonds. The summed E-state index contributed by atoms with van der Waals surface area (Å²) >= 11 is 0. The molecule has 2 aliphatic rings. The summed E-state index contributed by atoms with van der Waals surface area (Å²) in [5.74, 6) is 1.22. The third kappa shape index (κ3) is 3.71. The second-order valence-electron chi connectivity index (χ2n) is 6.75. The minimum absolute atomic E-state index is 0.0675. The lowest BCUT2D eigenvalue weighted by Crippen LogP contribution is -2.49. The molecule has 0 bridgehead atoms. The van der Waals surface area contributed by atoms with Gasteiger partial charge in [-0.25, -0.2) is 0 Å². The average Bonchev–Trinajstić information content (AvgIpc) is 2.83. The predicted molar refractivity (Wildman–Crippen MR) is 78.8 cm³/mol. The lowest BCUT2D eigenvalue weighted by atomic mass is 9.86. The van der Waals surface area contributed by atoms with Gasteiger partial charge in [0.15, 0.2) is 0 Å². The third-order valence-electron chi connectivity index (χ3n) is 5.22. The molecule has 1 heterocycles. The Kier molecular flexibility index (Phi) is 5.26. The smallest absolute Gasteiger partial charge is 0.223 e. The van der Waals surface area contributed by atoms with Crippen molar-refractivity contribution in [1.29, 1.82) is 0 Å². The Morgan fingerprint density at radius 3 is 2.68 bits per heavy atom. The maximum atomic E-state index is 12.3. The van der Waals surface area contributed by atoms with Gasteiger partial charge in [0.2, 0.25) is 5.91 Å². The van der Waals surface area contributed by atoms with Gasteiger partial charge in [-0.05, 0) is 38.5 Å². The number of nitrogens with two attached hydrogens (primary N) is 1. The lowest BCUT2D eigenvalue weighted by Gasteiger charge is -2.34. The molecule has 3 nitrogen and oxygen atoms in total. The van der Waals surface area contributed by atoms with Crippen LogP contribution in [-0.2, 0) is 4.79 Å². The number of hydrogen-bond donors (Lipinski definition) is 1. The van der Waals surface area contributed by atoms with Gasteiger partial charge in [-0.1, -0.05) is 32.1 Å². The van der Waals surface area contributed by atoms with Gasteiger partial charge in [0, 0.05) is 19.5 Å². The van der Waals surface area contributed by atoms with E-state index in [0.29, 0.717) is 12.5 Å². The molecule has 1 aliphatic heterocycles. The molecule has 0 radical (unpaired) electrons. The fraction of sp³-hybridized carbons (Fsp3) is 0.938. The highest BCUT2D eigenvalue weighted by Gasteiger charge is 2.37. The number of carbonyl (C=O) groups is 1. The van der Waals surface area contributed by atoms with Crippen molar-refractivity contribution in [3.63, 3.8) is 0 Å². The van der Waals surface area contributed by atoms with Crippen LogP contribution in [0.15, 0.2) is 0 Å². The Labute approximate surface area is 117 Å². The van der Waals surface area contributed by atoms with Gasteiger partial charge in [-0.15, -0.1) is 0 Å². The maximum absolute atomic E-state index is 12.3. The quantitative estimate of drug-likeness (QED) is 0.831. The molecule has 1 saturated carbocycles. The van der Waals surface area contributed by atoms with E-state index in [1.54, 1.807) is 0 Å². The molecule has 0 aromatic heterocycles. The normalized spacial score (nSPS) is 28.8. The molecule has 0 spiro atoms. The van der Waals surface area contributed by atoms with Gasteiger partial charge in [-0.3, -0.25) is 4.79 Å². The summed E-state index contributed by atoms with van der Waals surface area (Å²) in [5.41, 5.74) is 5.78. The van der Waals surface area contributed by atoms with Gasteiger partial charge in [0.25, 0.3) is 0 Å². The topological polar surface area (TPSA) is 46.3 Å². The van der Waals surface area contributed by atoms with E-state index in [-0.39, 0.29) is 5.54 Å². The molecule has 1 aliphatic carbocycles. The highest BCUT2D eigenvalue weighted by Crippen LogP contribution is 2.30. The van der Waals surface area contributed by atoms with Crippen LogP contribution in [0.25, 0.3) is 0 Å². The van der Waals surface area contributed by atoms with Gasteiger partial charge >= 0.3 is 0 Å². The first-order valence-corrected chi connectivity index (χ1v) is 8.16. The van der Waals surface area contributed by atoms with E-state index in [0.717, 1.165) is 38.1 Å². The van der Waals surface area contributed by atoms with Crippen molar-refractivity contribution in [2.75, 3.05) is 13.1 Å². The van der Waals surface area contributed by atoms with Gasteiger partial charge < -0.3 is 10.6 Å². The summed E-state index contributed by atoms with van der Waals surface area (Å²) in [6.45, 7) is 3.65. The molecular formula is C16H30N2O. The fourth-order valence-corrected chi connectivity index (χ4v) is 3.81. The van der Waals surface area contributed by atoms with E-state index in [1.165, 1.54) is 38.5 Å². The molecule has 2 fully saturated rings. The van der Waals surface area contributed by atoms with Gasteiger partial charge in [0.1, 0.15) is 0 Å². The second kappa shape index (κ2) is 6.74. The number of likely N-dealkylation sites (tertiary alicyclic amines) is 1. The zero-order valence-corrected chi connectivity index (χ0v) is 12.5. The minimum atomic E-state index is -0.0675. The van der Waals surface area contributed by atoms with E-state index < -0.39 is 0 Å². The van der Waals surface area contributed by atoms with Crippen molar-refractivity contribution in [2.45, 2.75) is 76.7 Å². The second-order valence-corrected chi connectivity index (χ2v) is 6.75. The molecule has 1 atom stereocenters. The lowest BCUT2D eigenvalue weighted by molar-refractivity contribution is -0.134. The maximum Gasteiger partial charge on any atom is 0.223 e. The highest BCUT2D eigenvalue weighted by molar-refractivity contribution is 5.77. The van der Waals surface area contributed by atoms with Crippen molar-refractivity contribution >= 4 is 5.91 Å². The first kappa shape index (κ1) is 14.8. The van der Waals surface area contributed by atoms with E-state index in [1.807, 2.05) is 4.90 Å². The number of nitrogens with zero attached hydrogens (tertiary/aromatic N) is 1. The van der Waals surface area contributed by atoms with E-state index >= 15 is 0 Å². The molecular weight excluding hydrogens is 236 g/mol. The first-order valence-electron chi connectivity index (χ1n) is 8.16. The Balaban J connectivity index is 1.72. The van der Waals surface area contributed by atoms with Crippen LogP contribution >= 0.6 is 0 Å². The van der Waals surface area contributed by atoms with Crippen molar-refractivity contribution in [3.8, 4) is 0 Å². The van der Waals surface area contributed by atoms with Crippen molar-refractivity contribution in [1.82, 2.24) is 4.90 Å². The Hall–Kier alpha value is -0.570. The molecule has 0 aromatic rings. The monoisotopic (exact) mass is 266 g/mol. The summed E-state index contributed by atoms with van der Waals surface area (Å²) in [6.07, 6.45) is 12.2. The third-order valence-corrected chi connectivity index (χ3v) is 5.22. The first-order chi connectivity index (χ1) is 9.15. The zero-order chi connectivity index (χ0) is 13.7. The van der Waals surface area contributed by atoms with Crippen LogP contribution in [0.4, 0.5) is 0 Å². The van der Waals surface area contributed by atoms with E-state index in [9.17, 15) is 4.79 Å². The summed E-state index contributed by atoms with van der Waals surface area (Å²) in [5, 5.41) is 0. The number of amides is 1. The van der Waals surface area contributed by atoms with Crippen LogP contribution in [0, 0.1) is 5.92 Å². The Morgan fingerprint density at radius 2 is 2.00 bits per heavy atom. The van der Waals surface area contributed by atoms with Crippen molar-refractivity contribution in [3.05, 3.63) is 0 Å². The van der Waals surface area contributed by atoms with Gasteiger partial charge in [0.05, 0.1) is 5.54 Å². The van der Waals surface area contributed by atoms with Crippen LogP contribution in [0.3, 0.4) is 0 Å². The van der Waals surface area contributed by atoms with Crippen LogP contribution < -0.4 is 5.73 Å².